The Morgan fingerprint density at radius 1 is 1.14 bits per heavy atom. The van der Waals surface area contributed by atoms with E-state index in [-0.39, 0.29) is 12.1 Å². The van der Waals surface area contributed by atoms with Crippen LogP contribution >= 0.6 is 0 Å². The molecule has 0 bridgehead atoms. The fraction of sp³-hybridized carbons (Fsp3) is 0.222. The average molecular weight is 293 g/mol. The zero-order chi connectivity index (χ0) is 15.8. The van der Waals surface area contributed by atoms with Crippen molar-refractivity contribution in [1.82, 2.24) is 10.6 Å². The monoisotopic (exact) mass is 293 g/mol. The smallest absolute Gasteiger partial charge is 0.315 e. The van der Waals surface area contributed by atoms with Crippen molar-refractivity contribution in [3.05, 3.63) is 71.3 Å². The lowest BCUT2D eigenvalue weighted by atomic mass is 10.1. The van der Waals surface area contributed by atoms with Gasteiger partial charge in [0.15, 0.2) is 0 Å². The highest BCUT2D eigenvalue weighted by Gasteiger charge is 2.08. The van der Waals surface area contributed by atoms with Crippen molar-refractivity contribution in [3.63, 3.8) is 0 Å². The Hall–Kier alpha value is -2.80. The number of rotatable bonds is 5. The van der Waals surface area contributed by atoms with Crippen molar-refractivity contribution in [2.75, 3.05) is 6.54 Å². The standard InChI is InChI=1S/C18H19N3O/c1-14(17-9-7-16(13-19)8-10-17)21-18(22)20-12-11-15-5-3-2-4-6-15/h2-10,14H,11-12H2,1H3,(H2,20,21,22). The molecule has 1 atom stereocenters. The highest BCUT2D eigenvalue weighted by atomic mass is 16.2. The maximum absolute atomic E-state index is 11.9. The summed E-state index contributed by atoms with van der Waals surface area (Å²) in [6, 6.07) is 19.0. The Balaban J connectivity index is 1.77. The van der Waals surface area contributed by atoms with Crippen molar-refractivity contribution in [2.24, 2.45) is 0 Å². The summed E-state index contributed by atoms with van der Waals surface area (Å²) in [5, 5.41) is 14.5. The van der Waals surface area contributed by atoms with Crippen LogP contribution in [0.25, 0.3) is 0 Å². The number of carbonyl (C=O) groups excluding carboxylic acids is 1. The fourth-order valence-corrected chi connectivity index (χ4v) is 2.14. The number of amides is 2. The van der Waals surface area contributed by atoms with Crippen LogP contribution in [0, 0.1) is 11.3 Å². The zero-order valence-electron chi connectivity index (χ0n) is 12.5. The zero-order valence-corrected chi connectivity index (χ0v) is 12.5. The first kappa shape index (κ1) is 15.6. The summed E-state index contributed by atoms with van der Waals surface area (Å²) in [6.07, 6.45) is 0.805. The predicted octanol–water partition coefficient (Wildman–Crippen LogP) is 3.16. The van der Waals surface area contributed by atoms with E-state index in [1.165, 1.54) is 5.56 Å². The van der Waals surface area contributed by atoms with Crippen LogP contribution in [0.3, 0.4) is 0 Å². The molecule has 112 valence electrons. The average Bonchev–Trinajstić information content (AvgIpc) is 2.56. The molecule has 0 spiro atoms. The summed E-state index contributed by atoms with van der Waals surface area (Å²) in [7, 11) is 0. The number of hydrogen-bond donors (Lipinski definition) is 2. The Kier molecular flexibility index (Phi) is 5.56. The molecular weight excluding hydrogens is 274 g/mol. The molecule has 0 aliphatic carbocycles. The maximum Gasteiger partial charge on any atom is 0.315 e. The van der Waals surface area contributed by atoms with E-state index in [2.05, 4.69) is 16.7 Å². The van der Waals surface area contributed by atoms with Crippen LogP contribution in [-0.2, 0) is 6.42 Å². The lowest BCUT2D eigenvalue weighted by Crippen LogP contribution is -2.38. The SMILES string of the molecule is CC(NC(=O)NCCc1ccccc1)c1ccc(C#N)cc1. The molecule has 2 N–H and O–H groups in total. The van der Waals surface area contributed by atoms with Gasteiger partial charge in [-0.15, -0.1) is 0 Å². The van der Waals surface area contributed by atoms with E-state index in [1.54, 1.807) is 12.1 Å². The van der Waals surface area contributed by atoms with Gasteiger partial charge in [-0.2, -0.15) is 5.26 Å². The van der Waals surface area contributed by atoms with Crippen molar-refractivity contribution in [3.8, 4) is 6.07 Å². The minimum atomic E-state index is -0.187. The Morgan fingerprint density at radius 3 is 2.45 bits per heavy atom. The minimum Gasteiger partial charge on any atom is -0.338 e. The summed E-state index contributed by atoms with van der Waals surface area (Å²) in [5.74, 6) is 0. The van der Waals surface area contributed by atoms with Gasteiger partial charge in [0.2, 0.25) is 0 Å². The normalized spacial score (nSPS) is 11.3. The van der Waals surface area contributed by atoms with Crippen LogP contribution < -0.4 is 10.6 Å². The van der Waals surface area contributed by atoms with Crippen molar-refractivity contribution < 1.29 is 4.79 Å². The quantitative estimate of drug-likeness (QED) is 0.889. The highest BCUT2D eigenvalue weighted by Crippen LogP contribution is 2.12. The molecule has 22 heavy (non-hydrogen) atoms. The number of hydrogen-bond acceptors (Lipinski definition) is 2. The van der Waals surface area contributed by atoms with E-state index in [1.807, 2.05) is 49.4 Å². The second-order valence-corrected chi connectivity index (χ2v) is 5.09. The molecule has 2 aromatic rings. The lowest BCUT2D eigenvalue weighted by molar-refractivity contribution is 0.238. The minimum absolute atomic E-state index is 0.107. The second kappa shape index (κ2) is 7.84. The van der Waals surface area contributed by atoms with Crippen LogP contribution in [0.1, 0.15) is 29.7 Å². The molecule has 0 aliphatic heterocycles. The molecule has 1 unspecified atom stereocenters. The molecule has 0 aliphatic rings. The maximum atomic E-state index is 11.9. The van der Waals surface area contributed by atoms with Gasteiger partial charge >= 0.3 is 6.03 Å². The number of nitrogens with one attached hydrogen (secondary N) is 2. The number of benzene rings is 2. The van der Waals surface area contributed by atoms with E-state index in [0.717, 1.165) is 12.0 Å². The van der Waals surface area contributed by atoms with Crippen LogP contribution in [0.15, 0.2) is 54.6 Å². The third kappa shape index (κ3) is 4.64. The topological polar surface area (TPSA) is 64.9 Å². The lowest BCUT2D eigenvalue weighted by Gasteiger charge is -2.15. The number of urea groups is 1. The summed E-state index contributed by atoms with van der Waals surface area (Å²) < 4.78 is 0. The number of carbonyl (C=O) groups is 1. The molecule has 0 heterocycles. The Morgan fingerprint density at radius 2 is 1.82 bits per heavy atom. The van der Waals surface area contributed by atoms with Gasteiger partial charge in [-0.3, -0.25) is 0 Å². The first-order valence-electron chi connectivity index (χ1n) is 7.27. The van der Waals surface area contributed by atoms with Crippen molar-refractivity contribution in [2.45, 2.75) is 19.4 Å². The van der Waals surface area contributed by atoms with Crippen LogP contribution in [0.5, 0.6) is 0 Å². The van der Waals surface area contributed by atoms with Crippen LogP contribution in [0.2, 0.25) is 0 Å². The third-order valence-electron chi connectivity index (χ3n) is 3.43. The van der Waals surface area contributed by atoms with E-state index in [4.69, 9.17) is 5.26 Å². The molecule has 2 amide bonds. The summed E-state index contributed by atoms with van der Waals surface area (Å²) in [4.78, 5) is 11.9. The van der Waals surface area contributed by atoms with E-state index >= 15 is 0 Å². The van der Waals surface area contributed by atoms with Gasteiger partial charge in [-0.1, -0.05) is 42.5 Å². The van der Waals surface area contributed by atoms with E-state index < -0.39 is 0 Å². The molecule has 0 fully saturated rings. The van der Waals surface area contributed by atoms with Crippen molar-refractivity contribution >= 4 is 6.03 Å². The molecular formula is C18H19N3O. The largest absolute Gasteiger partial charge is 0.338 e. The number of nitrogens with zero attached hydrogens (tertiary/aromatic N) is 1. The molecule has 0 saturated heterocycles. The van der Waals surface area contributed by atoms with Gasteiger partial charge in [-0.05, 0) is 36.6 Å². The first-order valence-corrected chi connectivity index (χ1v) is 7.27. The van der Waals surface area contributed by atoms with Crippen LogP contribution in [-0.4, -0.2) is 12.6 Å². The van der Waals surface area contributed by atoms with E-state index in [9.17, 15) is 4.79 Å². The summed E-state index contributed by atoms with van der Waals surface area (Å²) in [5.41, 5.74) is 2.78. The van der Waals surface area contributed by atoms with Gasteiger partial charge in [0.25, 0.3) is 0 Å². The van der Waals surface area contributed by atoms with Crippen LogP contribution in [0.4, 0.5) is 4.79 Å². The second-order valence-electron chi connectivity index (χ2n) is 5.09. The molecule has 0 radical (unpaired) electrons. The molecule has 0 saturated carbocycles. The van der Waals surface area contributed by atoms with Gasteiger partial charge in [0.1, 0.15) is 0 Å². The first-order chi connectivity index (χ1) is 10.7. The molecule has 0 aromatic heterocycles. The van der Waals surface area contributed by atoms with Gasteiger partial charge in [-0.25, -0.2) is 4.79 Å². The van der Waals surface area contributed by atoms with E-state index in [0.29, 0.717) is 12.1 Å². The Labute approximate surface area is 130 Å². The molecule has 2 aromatic carbocycles. The third-order valence-corrected chi connectivity index (χ3v) is 3.43. The highest BCUT2D eigenvalue weighted by molar-refractivity contribution is 5.74. The van der Waals surface area contributed by atoms with Gasteiger partial charge < -0.3 is 10.6 Å². The predicted molar refractivity (Wildman–Crippen MR) is 86.3 cm³/mol. The van der Waals surface area contributed by atoms with Gasteiger partial charge in [0, 0.05) is 6.54 Å². The molecule has 4 heteroatoms. The Bertz CT molecular complexity index is 644. The fourth-order valence-electron chi connectivity index (χ4n) is 2.14. The summed E-state index contributed by atoms with van der Waals surface area (Å²) >= 11 is 0. The van der Waals surface area contributed by atoms with Gasteiger partial charge in [0.05, 0.1) is 17.7 Å². The van der Waals surface area contributed by atoms with Crippen molar-refractivity contribution in [1.29, 1.82) is 5.26 Å². The summed E-state index contributed by atoms with van der Waals surface area (Å²) in [6.45, 7) is 2.51. The molecule has 4 nitrogen and oxygen atoms in total. The molecule has 2 rings (SSSR count). The number of nitriles is 1.